The molecule has 0 spiro atoms. The molecule has 0 aliphatic carbocycles. The van der Waals surface area contributed by atoms with Gasteiger partial charge in [0.2, 0.25) is 82.7 Å². The fourth-order valence-corrected chi connectivity index (χ4v) is 11.2. The van der Waals surface area contributed by atoms with E-state index in [2.05, 4.69) is 63.8 Å². The van der Waals surface area contributed by atoms with Crippen LogP contribution in [-0.2, 0) is 67.1 Å². The first-order chi connectivity index (χ1) is 42.7. The fraction of sp³-hybridized carbons (Fsp3) is 0.781. The Labute approximate surface area is 543 Å². The lowest BCUT2D eigenvalue weighted by Gasteiger charge is -2.33. The van der Waals surface area contributed by atoms with E-state index >= 15 is 0 Å². The molecule has 0 aromatic carbocycles. The van der Waals surface area contributed by atoms with Crippen molar-refractivity contribution >= 4 is 82.7 Å². The first kappa shape index (κ1) is 78.8. The summed E-state index contributed by atoms with van der Waals surface area (Å²) in [5, 5.41) is 32.5. The van der Waals surface area contributed by atoms with Crippen molar-refractivity contribution < 1.29 is 67.1 Å². The Balaban J connectivity index is 2.07. The first-order valence-electron chi connectivity index (χ1n) is 32.9. The normalized spacial score (nSPS) is 28.4. The zero-order chi connectivity index (χ0) is 70.1. The number of carbonyl (C=O) groups excluding carboxylic acids is 14. The van der Waals surface area contributed by atoms with Crippen molar-refractivity contribution in [3.05, 3.63) is 0 Å². The van der Waals surface area contributed by atoms with E-state index in [1.807, 2.05) is 0 Å². The van der Waals surface area contributed by atoms with Gasteiger partial charge < -0.3 is 73.6 Å². The molecule has 0 saturated carbocycles. The number of nitrogens with one attached hydrogen (secondary N) is 12. The maximum Gasteiger partial charge on any atom is 0.246 e. The Morgan fingerprint density at radius 3 is 0.630 bits per heavy atom. The molecule has 28 heteroatoms. The van der Waals surface area contributed by atoms with E-state index in [0.717, 1.165) is 0 Å². The van der Waals surface area contributed by atoms with Gasteiger partial charge in [-0.25, -0.2) is 0 Å². The van der Waals surface area contributed by atoms with Crippen LogP contribution >= 0.6 is 0 Å². The molecular weight excluding hydrogens is 1190 g/mol. The molecule has 3 heterocycles. The van der Waals surface area contributed by atoms with Gasteiger partial charge in [-0.05, 0) is 84.9 Å². The number of amides is 14. The van der Waals surface area contributed by atoms with Crippen LogP contribution in [0.25, 0.3) is 0 Å². The van der Waals surface area contributed by atoms with Crippen molar-refractivity contribution in [3.8, 4) is 0 Å². The van der Waals surface area contributed by atoms with Crippen LogP contribution in [0, 0.1) is 59.2 Å². The van der Waals surface area contributed by atoms with Gasteiger partial charge in [0.1, 0.15) is 72.5 Å². The number of hydrogen-bond acceptors (Lipinski definition) is 14. The van der Waals surface area contributed by atoms with Gasteiger partial charge in [0.05, 0.1) is 13.1 Å². The van der Waals surface area contributed by atoms with Crippen molar-refractivity contribution in [3.63, 3.8) is 0 Å². The summed E-state index contributed by atoms with van der Waals surface area (Å²) < 4.78 is 0. The summed E-state index contributed by atoms with van der Waals surface area (Å²) in [6, 6.07) is -14.3. The maximum atomic E-state index is 14.4. The lowest BCUT2D eigenvalue weighted by Crippen LogP contribution is -2.63. The summed E-state index contributed by atoms with van der Waals surface area (Å²) in [5.74, 6) is -15.3. The van der Waals surface area contributed by atoms with E-state index in [0.29, 0.717) is 12.8 Å². The number of carbonyl (C=O) groups is 14. The van der Waals surface area contributed by atoms with Gasteiger partial charge in [0.25, 0.3) is 0 Å². The van der Waals surface area contributed by atoms with E-state index in [-0.39, 0.29) is 25.9 Å². The highest BCUT2D eigenvalue weighted by molar-refractivity contribution is 6.00. The zero-order valence-corrected chi connectivity index (χ0v) is 58.0. The van der Waals surface area contributed by atoms with E-state index in [1.54, 1.807) is 138 Å². The van der Waals surface area contributed by atoms with Gasteiger partial charge >= 0.3 is 0 Å². The number of rotatable bonds is 10. The van der Waals surface area contributed by atoms with Crippen molar-refractivity contribution in [1.29, 1.82) is 0 Å². The quantitative estimate of drug-likeness (QED) is 0.133. The number of hydrogen-bond donors (Lipinski definition) is 12. The summed E-state index contributed by atoms with van der Waals surface area (Å²) in [7, 11) is 0. The Morgan fingerprint density at radius 1 is 0.250 bits per heavy atom. The largest absolute Gasteiger partial charge is 0.345 e. The average Bonchev–Trinajstić information content (AvgIpc) is 1.61. The summed E-state index contributed by atoms with van der Waals surface area (Å²) in [6.07, 6.45) is 1.32. The van der Waals surface area contributed by atoms with E-state index < -0.39 is 227 Å². The predicted molar refractivity (Wildman–Crippen MR) is 343 cm³/mol. The van der Waals surface area contributed by atoms with Gasteiger partial charge in [-0.3, -0.25) is 67.1 Å². The Bertz CT molecular complexity index is 2660. The number of fused-ring (bicyclic) bond motifs is 2. The molecule has 3 aliphatic heterocycles. The van der Waals surface area contributed by atoms with Crippen molar-refractivity contribution in [2.24, 2.45) is 59.2 Å². The molecule has 0 bridgehead atoms. The molecule has 14 amide bonds. The van der Waals surface area contributed by atoms with Gasteiger partial charge in [-0.1, -0.05) is 138 Å². The van der Waals surface area contributed by atoms with Crippen LogP contribution in [0.5, 0.6) is 0 Å². The molecule has 3 saturated heterocycles. The molecule has 0 unspecified atom stereocenters. The van der Waals surface area contributed by atoms with Crippen molar-refractivity contribution in [2.75, 3.05) is 26.2 Å². The monoisotopic (exact) mass is 1300 g/mol. The Kier molecular flexibility index (Phi) is 30.5. The fourth-order valence-electron chi connectivity index (χ4n) is 11.2. The molecule has 0 radical (unpaired) electrons. The van der Waals surface area contributed by atoms with Crippen LogP contribution in [0.1, 0.15) is 164 Å². The second-order valence-electron chi connectivity index (χ2n) is 28.2. The minimum atomic E-state index is -1.26. The highest BCUT2D eigenvalue weighted by Crippen LogP contribution is 2.23. The second-order valence-corrected chi connectivity index (χ2v) is 28.2. The summed E-state index contributed by atoms with van der Waals surface area (Å²) in [4.78, 5) is 200. The SMILES string of the molecule is CC(C)[C@@H]1NC(=O)[C@@H](C(C)C)NC(=O)CNC(=O)[C@@H]2CCCN2C(=O)[C@@H](C(C)C)NC(=O)CNC(=O)[C@@H]2CCCN2C(=O)[C@@H](C(C)C)NC(=O)[C@H](C(C)C)NC(=O)[C@@H](C(C)C)NC(=O)[C@H](C(C)C)NC(=O)[C@@H](C(C)C)NC(=O)[C@H](C(C)C)NC(=O)[C@@H](C(C)C)NC1=O. The van der Waals surface area contributed by atoms with E-state index in [1.165, 1.54) is 9.80 Å². The summed E-state index contributed by atoms with van der Waals surface area (Å²) in [5.41, 5.74) is 0. The lowest BCUT2D eigenvalue weighted by molar-refractivity contribution is -0.143. The van der Waals surface area contributed by atoms with Gasteiger partial charge in [0, 0.05) is 13.1 Å². The lowest BCUT2D eigenvalue weighted by atomic mass is 9.96. The highest BCUT2D eigenvalue weighted by Gasteiger charge is 2.44. The van der Waals surface area contributed by atoms with Crippen LogP contribution in [-0.4, -0.2) is 191 Å². The van der Waals surface area contributed by atoms with Crippen LogP contribution in [0.2, 0.25) is 0 Å². The van der Waals surface area contributed by atoms with Gasteiger partial charge in [-0.15, -0.1) is 0 Å². The molecule has 12 atom stereocenters. The van der Waals surface area contributed by atoms with E-state index in [4.69, 9.17) is 0 Å². The third-order valence-corrected chi connectivity index (χ3v) is 17.0. The summed E-state index contributed by atoms with van der Waals surface area (Å²) in [6.45, 7) is 32.7. The standard InChI is InChI=1S/C64H110N14O14/c1-29(2)43-55(83)69-44(30(3)4)56(84)70-45(31(5)6)57(85)71-46(32(7)8)58(86)72-47(33(9)10)59(87)73-48(34(11)12)60(88)74-49(35(13)14)61(89)75-50(36(15)16)62(90)76-52(38(19)20)64(92)78-26-22-24-40(78)54(82)66-28-42(80)68-51(37(17)18)63(91)77-25-21-23-39(77)53(81)65-27-41(79)67-43/h29-40,43-52H,21-28H2,1-20H3,(H,65,81)(H,66,82)(H,67,79)(H,68,80)(H,69,83)(H,70,84)(H,71,85)(H,72,86)(H,73,87)(H,74,88)(H,75,89)(H,76,90)/t39-,40-,43+,44-,45+,46-,47+,48-,49+,50-,51+,52+/m0/s1. The van der Waals surface area contributed by atoms with Gasteiger partial charge in [0.15, 0.2) is 0 Å². The van der Waals surface area contributed by atoms with Crippen LogP contribution in [0.4, 0.5) is 0 Å². The molecule has 520 valence electrons. The molecule has 28 nitrogen and oxygen atoms in total. The Morgan fingerprint density at radius 2 is 0.424 bits per heavy atom. The Hall–Kier alpha value is -7.42. The molecule has 92 heavy (non-hydrogen) atoms. The first-order valence-corrected chi connectivity index (χ1v) is 32.9. The third kappa shape index (κ3) is 21.9. The van der Waals surface area contributed by atoms with Crippen LogP contribution < -0.4 is 63.8 Å². The molecule has 3 aliphatic rings. The van der Waals surface area contributed by atoms with Gasteiger partial charge in [-0.2, -0.15) is 0 Å². The topological polar surface area (TPSA) is 390 Å². The second kappa shape index (κ2) is 35.6. The predicted octanol–water partition coefficient (Wildman–Crippen LogP) is -0.378. The van der Waals surface area contributed by atoms with Crippen molar-refractivity contribution in [1.82, 2.24) is 73.6 Å². The smallest absolute Gasteiger partial charge is 0.246 e. The average molecular weight is 1300 g/mol. The molecule has 0 aromatic heterocycles. The van der Waals surface area contributed by atoms with Crippen LogP contribution in [0.3, 0.4) is 0 Å². The van der Waals surface area contributed by atoms with E-state index in [9.17, 15) is 67.1 Å². The molecule has 0 aromatic rings. The maximum absolute atomic E-state index is 14.4. The molecule has 3 fully saturated rings. The molecular formula is C64H110N14O14. The molecule has 12 N–H and O–H groups in total. The minimum Gasteiger partial charge on any atom is -0.345 e. The van der Waals surface area contributed by atoms with Crippen molar-refractivity contribution in [2.45, 2.75) is 237 Å². The molecule has 3 rings (SSSR count). The zero-order valence-electron chi connectivity index (χ0n) is 58.0. The minimum absolute atomic E-state index is 0.152. The third-order valence-electron chi connectivity index (χ3n) is 17.0. The summed E-state index contributed by atoms with van der Waals surface area (Å²) >= 11 is 0. The number of nitrogens with zero attached hydrogens (tertiary/aromatic N) is 2. The van der Waals surface area contributed by atoms with Crippen LogP contribution in [0.15, 0.2) is 0 Å². The highest BCUT2D eigenvalue weighted by atomic mass is 16.2.